The van der Waals surface area contributed by atoms with E-state index in [-0.39, 0.29) is 0 Å². The molecule has 2 unspecified atom stereocenters. The standard InChI is InChI=1S/C16H26N2/c1-14(16-8-4-3-5-9-16)18-12-6-7-15(13-18)10-11-17-2/h3-5,8-9,14-15,17H,6-7,10-13H2,1-2H3. The highest BCUT2D eigenvalue weighted by atomic mass is 15.2. The lowest BCUT2D eigenvalue weighted by atomic mass is 9.93. The van der Waals surface area contributed by atoms with Crippen molar-refractivity contribution < 1.29 is 0 Å². The average Bonchev–Trinajstić information content (AvgIpc) is 2.45. The highest BCUT2D eigenvalue weighted by molar-refractivity contribution is 5.18. The van der Waals surface area contributed by atoms with E-state index in [0.29, 0.717) is 6.04 Å². The third-order valence-electron chi connectivity index (χ3n) is 4.18. The molecule has 1 heterocycles. The summed E-state index contributed by atoms with van der Waals surface area (Å²) >= 11 is 0. The first-order chi connectivity index (χ1) is 8.81. The molecule has 1 fully saturated rings. The maximum Gasteiger partial charge on any atom is 0.0319 e. The lowest BCUT2D eigenvalue weighted by Crippen LogP contribution is -2.38. The Hall–Kier alpha value is -0.860. The van der Waals surface area contributed by atoms with Crippen molar-refractivity contribution >= 4 is 0 Å². The summed E-state index contributed by atoms with van der Waals surface area (Å²) in [6, 6.07) is 11.5. The molecule has 2 rings (SSSR count). The van der Waals surface area contributed by atoms with Gasteiger partial charge in [0.15, 0.2) is 0 Å². The number of likely N-dealkylation sites (tertiary alicyclic amines) is 1. The minimum absolute atomic E-state index is 0.559. The lowest BCUT2D eigenvalue weighted by Gasteiger charge is -2.37. The van der Waals surface area contributed by atoms with Gasteiger partial charge in [0.25, 0.3) is 0 Å². The van der Waals surface area contributed by atoms with Crippen molar-refractivity contribution in [2.75, 3.05) is 26.7 Å². The summed E-state index contributed by atoms with van der Waals surface area (Å²) in [5.74, 6) is 0.873. The Balaban J connectivity index is 1.92. The number of benzene rings is 1. The Labute approximate surface area is 111 Å². The molecular formula is C16H26N2. The maximum atomic E-state index is 3.27. The molecule has 0 spiro atoms. The third-order valence-corrected chi connectivity index (χ3v) is 4.18. The van der Waals surface area contributed by atoms with Crippen LogP contribution in [0.4, 0.5) is 0 Å². The van der Waals surface area contributed by atoms with Crippen LogP contribution < -0.4 is 5.32 Å². The zero-order valence-electron chi connectivity index (χ0n) is 11.7. The SMILES string of the molecule is CNCCC1CCCN(C(C)c2ccccc2)C1. The number of nitrogens with one attached hydrogen (secondary N) is 1. The predicted octanol–water partition coefficient (Wildman–Crippen LogP) is 3.07. The molecule has 0 bridgehead atoms. The van der Waals surface area contributed by atoms with Gasteiger partial charge in [-0.05, 0) is 57.8 Å². The smallest absolute Gasteiger partial charge is 0.0319 e. The van der Waals surface area contributed by atoms with E-state index in [1.807, 2.05) is 7.05 Å². The van der Waals surface area contributed by atoms with E-state index in [1.54, 1.807) is 0 Å². The first-order valence-corrected chi connectivity index (χ1v) is 7.25. The zero-order valence-corrected chi connectivity index (χ0v) is 11.7. The molecule has 1 aliphatic rings. The van der Waals surface area contributed by atoms with Crippen LogP contribution in [0.25, 0.3) is 0 Å². The Bertz CT molecular complexity index is 336. The van der Waals surface area contributed by atoms with Gasteiger partial charge in [-0.1, -0.05) is 30.3 Å². The highest BCUT2D eigenvalue weighted by Crippen LogP contribution is 2.27. The average molecular weight is 246 g/mol. The number of hydrogen-bond acceptors (Lipinski definition) is 2. The van der Waals surface area contributed by atoms with Crippen LogP contribution in [0.3, 0.4) is 0 Å². The van der Waals surface area contributed by atoms with Crippen molar-refractivity contribution in [2.24, 2.45) is 5.92 Å². The van der Waals surface area contributed by atoms with Crippen LogP contribution in [-0.4, -0.2) is 31.6 Å². The molecule has 100 valence electrons. The highest BCUT2D eigenvalue weighted by Gasteiger charge is 2.23. The number of nitrogens with zero attached hydrogens (tertiary/aromatic N) is 1. The van der Waals surface area contributed by atoms with Crippen LogP contribution in [0, 0.1) is 5.92 Å². The van der Waals surface area contributed by atoms with E-state index in [1.165, 1.54) is 37.9 Å². The minimum atomic E-state index is 0.559. The molecule has 2 nitrogen and oxygen atoms in total. The molecule has 0 saturated carbocycles. The van der Waals surface area contributed by atoms with E-state index in [0.717, 1.165) is 12.5 Å². The van der Waals surface area contributed by atoms with Gasteiger partial charge in [-0.15, -0.1) is 0 Å². The summed E-state index contributed by atoms with van der Waals surface area (Å²) in [6.45, 7) is 6.01. The zero-order chi connectivity index (χ0) is 12.8. The largest absolute Gasteiger partial charge is 0.320 e. The van der Waals surface area contributed by atoms with E-state index in [4.69, 9.17) is 0 Å². The van der Waals surface area contributed by atoms with E-state index < -0.39 is 0 Å². The summed E-state index contributed by atoms with van der Waals surface area (Å²) in [5.41, 5.74) is 1.45. The molecule has 0 aliphatic carbocycles. The molecule has 1 saturated heterocycles. The van der Waals surface area contributed by atoms with Crippen LogP contribution >= 0.6 is 0 Å². The van der Waals surface area contributed by atoms with E-state index >= 15 is 0 Å². The number of rotatable bonds is 5. The molecule has 1 N–H and O–H groups in total. The van der Waals surface area contributed by atoms with Crippen LogP contribution in [0.1, 0.15) is 37.8 Å². The minimum Gasteiger partial charge on any atom is -0.320 e. The van der Waals surface area contributed by atoms with Crippen LogP contribution in [0.2, 0.25) is 0 Å². The second-order valence-corrected chi connectivity index (χ2v) is 5.48. The van der Waals surface area contributed by atoms with Crippen molar-refractivity contribution in [1.82, 2.24) is 10.2 Å². The van der Waals surface area contributed by atoms with Crippen molar-refractivity contribution in [3.63, 3.8) is 0 Å². The molecule has 0 radical (unpaired) electrons. The van der Waals surface area contributed by atoms with Gasteiger partial charge < -0.3 is 5.32 Å². The molecule has 2 heteroatoms. The van der Waals surface area contributed by atoms with Gasteiger partial charge in [0.2, 0.25) is 0 Å². The monoisotopic (exact) mass is 246 g/mol. The Morgan fingerprint density at radius 1 is 1.33 bits per heavy atom. The molecule has 0 aromatic heterocycles. The lowest BCUT2D eigenvalue weighted by molar-refractivity contribution is 0.127. The Kier molecular flexibility index (Phi) is 5.21. The quantitative estimate of drug-likeness (QED) is 0.859. The van der Waals surface area contributed by atoms with Gasteiger partial charge in [0, 0.05) is 12.6 Å². The van der Waals surface area contributed by atoms with Crippen molar-refractivity contribution in [3.05, 3.63) is 35.9 Å². The fourth-order valence-electron chi connectivity index (χ4n) is 2.98. The predicted molar refractivity (Wildman–Crippen MR) is 77.7 cm³/mol. The topological polar surface area (TPSA) is 15.3 Å². The molecule has 1 aromatic rings. The maximum absolute atomic E-state index is 3.27. The summed E-state index contributed by atoms with van der Waals surface area (Å²) in [4.78, 5) is 2.65. The molecule has 18 heavy (non-hydrogen) atoms. The first-order valence-electron chi connectivity index (χ1n) is 7.25. The van der Waals surface area contributed by atoms with Crippen molar-refractivity contribution in [1.29, 1.82) is 0 Å². The first kappa shape index (κ1) is 13.6. The number of hydrogen-bond donors (Lipinski definition) is 1. The van der Waals surface area contributed by atoms with Gasteiger partial charge in [0.1, 0.15) is 0 Å². The second-order valence-electron chi connectivity index (χ2n) is 5.48. The van der Waals surface area contributed by atoms with Gasteiger partial charge in [-0.25, -0.2) is 0 Å². The summed E-state index contributed by atoms with van der Waals surface area (Å²) in [5, 5.41) is 3.27. The number of piperidine rings is 1. The molecule has 2 atom stereocenters. The van der Waals surface area contributed by atoms with Gasteiger partial charge >= 0.3 is 0 Å². The summed E-state index contributed by atoms with van der Waals surface area (Å²) in [6.07, 6.45) is 4.07. The molecule has 1 aromatic carbocycles. The molecular weight excluding hydrogens is 220 g/mol. The molecule has 0 amide bonds. The van der Waals surface area contributed by atoms with E-state index in [9.17, 15) is 0 Å². The Morgan fingerprint density at radius 3 is 2.83 bits per heavy atom. The second kappa shape index (κ2) is 6.91. The van der Waals surface area contributed by atoms with Crippen LogP contribution in [0.5, 0.6) is 0 Å². The normalized spacial score (nSPS) is 22.9. The van der Waals surface area contributed by atoms with E-state index in [2.05, 4.69) is 47.5 Å². The Morgan fingerprint density at radius 2 is 2.11 bits per heavy atom. The van der Waals surface area contributed by atoms with Crippen LogP contribution in [0.15, 0.2) is 30.3 Å². The van der Waals surface area contributed by atoms with Crippen molar-refractivity contribution in [2.45, 2.75) is 32.2 Å². The fourth-order valence-corrected chi connectivity index (χ4v) is 2.98. The van der Waals surface area contributed by atoms with Gasteiger partial charge in [0.05, 0.1) is 0 Å². The third kappa shape index (κ3) is 3.56. The summed E-state index contributed by atoms with van der Waals surface area (Å²) in [7, 11) is 2.05. The fraction of sp³-hybridized carbons (Fsp3) is 0.625. The van der Waals surface area contributed by atoms with Crippen molar-refractivity contribution in [3.8, 4) is 0 Å². The van der Waals surface area contributed by atoms with Gasteiger partial charge in [-0.2, -0.15) is 0 Å². The molecule has 1 aliphatic heterocycles. The van der Waals surface area contributed by atoms with Gasteiger partial charge in [-0.3, -0.25) is 4.90 Å². The van der Waals surface area contributed by atoms with Crippen LogP contribution in [-0.2, 0) is 0 Å². The summed E-state index contributed by atoms with van der Waals surface area (Å²) < 4.78 is 0.